The summed E-state index contributed by atoms with van der Waals surface area (Å²) in [5.74, 6) is 0.255. The highest BCUT2D eigenvalue weighted by atomic mass is 32.2. The zero-order valence-corrected chi connectivity index (χ0v) is 5.83. The van der Waals surface area contributed by atoms with Gasteiger partial charge in [0, 0.05) is 6.92 Å². The summed E-state index contributed by atoms with van der Waals surface area (Å²) in [7, 11) is 0. The van der Waals surface area contributed by atoms with E-state index in [4.69, 9.17) is 5.73 Å². The van der Waals surface area contributed by atoms with Crippen LogP contribution in [0, 0.1) is 0 Å². The third-order valence-electron chi connectivity index (χ3n) is 0.522. The lowest BCUT2D eigenvalue weighted by Gasteiger charge is -1.95. The molecule has 0 aromatic rings. The van der Waals surface area contributed by atoms with Crippen LogP contribution in [0.3, 0.4) is 0 Å². The molecule has 5 heteroatoms. The van der Waals surface area contributed by atoms with E-state index >= 15 is 0 Å². The fraction of sp³-hybridized carbons (Fsp3) is 0.500. The Morgan fingerprint density at radius 1 is 1.67 bits per heavy atom. The van der Waals surface area contributed by atoms with Crippen LogP contribution in [0.15, 0.2) is 0 Å². The largest absolute Gasteiger partial charge is 0.352 e. The lowest BCUT2D eigenvalue weighted by atomic mass is 10.9. The summed E-state index contributed by atoms with van der Waals surface area (Å²) in [4.78, 5) is 20.2. The molecule has 0 radical (unpaired) electrons. The second kappa shape index (κ2) is 4.20. The van der Waals surface area contributed by atoms with Crippen LogP contribution in [0.5, 0.6) is 0 Å². The van der Waals surface area contributed by atoms with Crippen molar-refractivity contribution in [3.8, 4) is 0 Å². The highest BCUT2D eigenvalue weighted by Gasteiger charge is 1.93. The number of nitrogens with one attached hydrogen (secondary N) is 1. The minimum Gasteiger partial charge on any atom is -0.352 e. The number of thioether (sulfide) groups is 1. The molecule has 0 aromatic carbocycles. The number of primary amides is 1. The molecule has 0 aromatic heterocycles. The number of amides is 2. The molecule has 0 aliphatic heterocycles. The second-order valence-corrected chi connectivity index (χ2v) is 2.47. The number of rotatable bonds is 2. The van der Waals surface area contributed by atoms with E-state index in [0.717, 1.165) is 11.8 Å². The molecule has 0 spiro atoms. The molecule has 0 saturated heterocycles. The minimum absolute atomic E-state index is 0.0382. The molecule has 0 atom stereocenters. The second-order valence-electron chi connectivity index (χ2n) is 1.32. The van der Waals surface area contributed by atoms with E-state index < -0.39 is 6.03 Å². The van der Waals surface area contributed by atoms with E-state index in [9.17, 15) is 9.59 Å². The fourth-order valence-corrected chi connectivity index (χ4v) is 0.627. The van der Waals surface area contributed by atoms with E-state index in [1.54, 1.807) is 0 Å². The monoisotopic (exact) mass is 148 g/mol. The van der Waals surface area contributed by atoms with Crippen LogP contribution in [0.1, 0.15) is 6.92 Å². The molecular weight excluding hydrogens is 140 g/mol. The summed E-state index contributed by atoms with van der Waals surface area (Å²) < 4.78 is 0. The molecule has 0 heterocycles. The molecule has 0 rings (SSSR count). The number of hydrogen-bond acceptors (Lipinski definition) is 3. The minimum atomic E-state index is -0.608. The number of nitrogens with two attached hydrogens (primary N) is 1. The molecular formula is C4H8N2O2S. The molecule has 0 fully saturated rings. The predicted molar refractivity (Wildman–Crippen MR) is 35.9 cm³/mol. The third kappa shape index (κ3) is 7.29. The Morgan fingerprint density at radius 3 is 2.56 bits per heavy atom. The zero-order valence-electron chi connectivity index (χ0n) is 5.01. The van der Waals surface area contributed by atoms with Crippen LogP contribution in [-0.2, 0) is 4.79 Å². The molecule has 2 amide bonds. The van der Waals surface area contributed by atoms with Gasteiger partial charge in [0.05, 0.1) is 5.88 Å². The Kier molecular flexibility index (Phi) is 3.87. The summed E-state index contributed by atoms with van der Waals surface area (Å²) in [5.41, 5.74) is 4.70. The van der Waals surface area contributed by atoms with Gasteiger partial charge in [-0.1, -0.05) is 11.8 Å². The molecule has 0 saturated carbocycles. The molecule has 4 nitrogen and oxygen atoms in total. The highest BCUT2D eigenvalue weighted by Crippen LogP contribution is 1.95. The van der Waals surface area contributed by atoms with Crippen molar-refractivity contribution in [1.29, 1.82) is 0 Å². The fourth-order valence-electron chi connectivity index (χ4n) is 0.209. The quantitative estimate of drug-likeness (QED) is 0.537. The topological polar surface area (TPSA) is 72.2 Å². The third-order valence-corrected chi connectivity index (χ3v) is 1.22. The van der Waals surface area contributed by atoms with Gasteiger partial charge in [-0.05, 0) is 0 Å². The van der Waals surface area contributed by atoms with Gasteiger partial charge in [0.1, 0.15) is 0 Å². The Hall–Kier alpha value is -0.710. The first-order chi connectivity index (χ1) is 4.13. The number of urea groups is 1. The van der Waals surface area contributed by atoms with Crippen molar-refractivity contribution in [3.05, 3.63) is 0 Å². The summed E-state index contributed by atoms with van der Waals surface area (Å²) in [6.45, 7) is 1.42. The molecule has 0 bridgehead atoms. The first-order valence-corrected chi connectivity index (χ1v) is 3.28. The van der Waals surface area contributed by atoms with Gasteiger partial charge in [0.25, 0.3) is 0 Å². The van der Waals surface area contributed by atoms with E-state index in [1.165, 1.54) is 6.92 Å². The molecule has 0 unspecified atom stereocenters. The van der Waals surface area contributed by atoms with Crippen LogP contribution in [0.2, 0.25) is 0 Å². The Labute approximate surface area is 57.2 Å². The molecule has 3 N–H and O–H groups in total. The first-order valence-electron chi connectivity index (χ1n) is 2.29. The molecule has 0 aliphatic carbocycles. The molecule has 52 valence electrons. The van der Waals surface area contributed by atoms with Gasteiger partial charge < -0.3 is 11.1 Å². The van der Waals surface area contributed by atoms with E-state index in [1.807, 2.05) is 0 Å². The summed E-state index contributed by atoms with van der Waals surface area (Å²) in [6.07, 6.45) is 0. The van der Waals surface area contributed by atoms with Crippen molar-refractivity contribution in [2.75, 3.05) is 5.88 Å². The lowest BCUT2D eigenvalue weighted by molar-refractivity contribution is -0.109. The Balaban J connectivity index is 3.10. The summed E-state index contributed by atoms with van der Waals surface area (Å²) in [6, 6.07) is -0.608. The van der Waals surface area contributed by atoms with Crippen LogP contribution < -0.4 is 11.1 Å². The normalized spacial score (nSPS) is 8.56. The van der Waals surface area contributed by atoms with E-state index in [0.29, 0.717) is 0 Å². The number of carbonyl (C=O) groups excluding carboxylic acids is 2. The number of hydrogen-bond donors (Lipinski definition) is 2. The number of carbonyl (C=O) groups is 2. The first kappa shape index (κ1) is 8.29. The van der Waals surface area contributed by atoms with Crippen molar-refractivity contribution >= 4 is 22.9 Å². The van der Waals surface area contributed by atoms with Crippen molar-refractivity contribution < 1.29 is 9.59 Å². The van der Waals surface area contributed by atoms with E-state index in [2.05, 4.69) is 5.32 Å². The van der Waals surface area contributed by atoms with Gasteiger partial charge in [0.15, 0.2) is 5.12 Å². The average molecular weight is 148 g/mol. The Morgan fingerprint density at radius 2 is 2.22 bits per heavy atom. The average Bonchev–Trinajstić information content (AvgIpc) is 1.63. The van der Waals surface area contributed by atoms with Crippen molar-refractivity contribution in [2.24, 2.45) is 5.73 Å². The van der Waals surface area contributed by atoms with Crippen LogP contribution in [0.25, 0.3) is 0 Å². The van der Waals surface area contributed by atoms with Gasteiger partial charge in [-0.15, -0.1) is 0 Å². The highest BCUT2D eigenvalue weighted by molar-refractivity contribution is 8.13. The van der Waals surface area contributed by atoms with Gasteiger partial charge in [-0.25, -0.2) is 4.79 Å². The maximum absolute atomic E-state index is 10.2. The molecule has 9 heavy (non-hydrogen) atoms. The smallest absolute Gasteiger partial charge is 0.312 e. The standard InChI is InChI=1S/C4H8N2O2S/c1-3(7)9-2-6-4(5)8/h2H2,1H3,(H3,5,6,8). The van der Waals surface area contributed by atoms with Crippen molar-refractivity contribution in [1.82, 2.24) is 5.32 Å². The Bertz CT molecular complexity index is 112. The maximum Gasteiger partial charge on any atom is 0.312 e. The maximum atomic E-state index is 10.2. The summed E-state index contributed by atoms with van der Waals surface area (Å²) >= 11 is 1.01. The van der Waals surface area contributed by atoms with Gasteiger partial charge in [-0.2, -0.15) is 0 Å². The van der Waals surface area contributed by atoms with Crippen molar-refractivity contribution in [2.45, 2.75) is 6.92 Å². The lowest BCUT2D eigenvalue weighted by Crippen LogP contribution is -2.29. The van der Waals surface area contributed by atoms with Crippen molar-refractivity contribution in [3.63, 3.8) is 0 Å². The van der Waals surface area contributed by atoms with Gasteiger partial charge in [-0.3, -0.25) is 4.79 Å². The van der Waals surface area contributed by atoms with Crippen LogP contribution in [-0.4, -0.2) is 17.0 Å². The van der Waals surface area contributed by atoms with Gasteiger partial charge >= 0.3 is 6.03 Å². The van der Waals surface area contributed by atoms with Crippen LogP contribution >= 0.6 is 11.8 Å². The van der Waals surface area contributed by atoms with E-state index in [-0.39, 0.29) is 11.0 Å². The molecule has 0 aliphatic rings. The predicted octanol–water partition coefficient (Wildman–Crippen LogP) is -0.108. The SMILES string of the molecule is CC(=O)SCNC(N)=O. The summed E-state index contributed by atoms with van der Waals surface area (Å²) in [5, 5.41) is 2.22. The van der Waals surface area contributed by atoms with Crippen LogP contribution in [0.4, 0.5) is 4.79 Å². The zero-order chi connectivity index (χ0) is 7.28. The van der Waals surface area contributed by atoms with Gasteiger partial charge in [0.2, 0.25) is 0 Å².